The molecule has 4 rings (SSSR count). The number of nitrogens with one attached hydrogen (secondary N) is 1. The lowest BCUT2D eigenvalue weighted by Crippen LogP contribution is -2.69. The van der Waals surface area contributed by atoms with E-state index in [1.54, 1.807) is 0 Å². The molecule has 0 aromatic rings. The maximum absolute atomic E-state index is 3.90. The molecule has 1 unspecified atom stereocenters. The van der Waals surface area contributed by atoms with Crippen molar-refractivity contribution in [1.82, 2.24) is 10.2 Å². The van der Waals surface area contributed by atoms with Gasteiger partial charge in [-0.15, -0.1) is 0 Å². The van der Waals surface area contributed by atoms with Crippen molar-refractivity contribution in [2.45, 2.75) is 57.2 Å². The highest BCUT2D eigenvalue weighted by atomic mass is 15.2. The van der Waals surface area contributed by atoms with Gasteiger partial charge in [0.2, 0.25) is 0 Å². The minimum Gasteiger partial charge on any atom is -0.307 e. The molecule has 3 aliphatic carbocycles. The molecule has 4 fully saturated rings. The average molecular weight is 194 g/mol. The molecule has 80 valence electrons. The smallest absolute Gasteiger partial charge is 0.0212 e. The monoisotopic (exact) mass is 194 g/mol. The summed E-state index contributed by atoms with van der Waals surface area (Å²) in [6, 6.07) is 1.52. The standard InChI is InChI=1S/C12H22N2/c1-9(2)14-4-3-11(8-14)13-12-5-10(6-12)7-12/h9-11,13H,3-8H2,1-2H3. The van der Waals surface area contributed by atoms with Crippen LogP contribution in [0.2, 0.25) is 0 Å². The summed E-state index contributed by atoms with van der Waals surface area (Å²) in [6.45, 7) is 7.20. The first-order chi connectivity index (χ1) is 6.67. The molecule has 0 radical (unpaired) electrons. The summed E-state index contributed by atoms with van der Waals surface area (Å²) in [5.74, 6) is 1.10. The van der Waals surface area contributed by atoms with Gasteiger partial charge in [0, 0.05) is 24.2 Å². The maximum atomic E-state index is 3.90. The van der Waals surface area contributed by atoms with Crippen LogP contribution < -0.4 is 5.32 Å². The summed E-state index contributed by atoms with van der Waals surface area (Å²) < 4.78 is 0. The molecular weight excluding hydrogens is 172 g/mol. The number of rotatable bonds is 3. The van der Waals surface area contributed by atoms with E-state index in [-0.39, 0.29) is 0 Å². The van der Waals surface area contributed by atoms with Crippen molar-refractivity contribution in [2.75, 3.05) is 13.1 Å². The minimum absolute atomic E-state index is 0.627. The van der Waals surface area contributed by atoms with Crippen molar-refractivity contribution in [2.24, 2.45) is 5.92 Å². The summed E-state index contributed by atoms with van der Waals surface area (Å²) >= 11 is 0. The first kappa shape index (κ1) is 9.17. The lowest BCUT2D eigenvalue weighted by molar-refractivity contribution is -0.0581. The highest BCUT2D eigenvalue weighted by Gasteiger charge is 2.57. The van der Waals surface area contributed by atoms with Gasteiger partial charge in [0.1, 0.15) is 0 Å². The number of likely N-dealkylation sites (tertiary alicyclic amines) is 1. The molecule has 0 aromatic carbocycles. The molecule has 2 heteroatoms. The van der Waals surface area contributed by atoms with Crippen LogP contribution in [0.25, 0.3) is 0 Å². The largest absolute Gasteiger partial charge is 0.307 e. The Morgan fingerprint density at radius 3 is 2.43 bits per heavy atom. The summed E-state index contributed by atoms with van der Waals surface area (Å²) in [4.78, 5) is 2.60. The highest BCUT2D eigenvalue weighted by Crippen LogP contribution is 2.57. The number of hydrogen-bond donors (Lipinski definition) is 1. The lowest BCUT2D eigenvalue weighted by atomic mass is 9.49. The molecule has 2 nitrogen and oxygen atoms in total. The Morgan fingerprint density at radius 2 is 2.00 bits per heavy atom. The van der Waals surface area contributed by atoms with Crippen LogP contribution >= 0.6 is 0 Å². The van der Waals surface area contributed by atoms with Gasteiger partial charge in [0.25, 0.3) is 0 Å². The van der Waals surface area contributed by atoms with Crippen LogP contribution in [0.3, 0.4) is 0 Å². The Morgan fingerprint density at radius 1 is 1.29 bits per heavy atom. The van der Waals surface area contributed by atoms with Crippen molar-refractivity contribution in [1.29, 1.82) is 0 Å². The van der Waals surface area contributed by atoms with Gasteiger partial charge in [-0.3, -0.25) is 4.90 Å². The molecule has 1 saturated heterocycles. The Kier molecular flexibility index (Phi) is 1.94. The second kappa shape index (κ2) is 2.96. The van der Waals surface area contributed by atoms with E-state index in [0.29, 0.717) is 5.54 Å². The molecule has 1 heterocycles. The molecule has 0 aromatic heterocycles. The summed E-state index contributed by atoms with van der Waals surface area (Å²) in [6.07, 6.45) is 5.80. The second-order valence-corrected chi connectivity index (χ2v) is 5.98. The molecule has 0 spiro atoms. The quantitative estimate of drug-likeness (QED) is 0.734. The van der Waals surface area contributed by atoms with Gasteiger partial charge < -0.3 is 5.32 Å². The second-order valence-electron chi connectivity index (χ2n) is 5.98. The summed E-state index contributed by atoms with van der Waals surface area (Å²) in [5.41, 5.74) is 0.627. The van der Waals surface area contributed by atoms with Crippen LogP contribution in [0.1, 0.15) is 39.5 Å². The third-order valence-corrected chi connectivity index (χ3v) is 4.50. The van der Waals surface area contributed by atoms with Gasteiger partial charge >= 0.3 is 0 Å². The topological polar surface area (TPSA) is 15.3 Å². The molecule has 1 atom stereocenters. The van der Waals surface area contributed by atoms with Crippen molar-refractivity contribution in [3.63, 3.8) is 0 Å². The average Bonchev–Trinajstić information content (AvgIpc) is 2.42. The van der Waals surface area contributed by atoms with Crippen LogP contribution in [-0.2, 0) is 0 Å². The summed E-state index contributed by atoms with van der Waals surface area (Å²) in [5, 5.41) is 3.90. The minimum atomic E-state index is 0.627. The van der Waals surface area contributed by atoms with Gasteiger partial charge in [0.15, 0.2) is 0 Å². The molecule has 0 amide bonds. The SMILES string of the molecule is CC(C)N1CCC(NC23CC(C2)C3)C1. The molecule has 4 aliphatic rings. The Balaban J connectivity index is 1.50. The van der Waals surface area contributed by atoms with E-state index in [0.717, 1.165) is 18.0 Å². The molecule has 2 bridgehead atoms. The Hall–Kier alpha value is -0.0800. The molecule has 14 heavy (non-hydrogen) atoms. The van der Waals surface area contributed by atoms with Gasteiger partial charge in [-0.1, -0.05) is 0 Å². The Labute approximate surface area is 87.0 Å². The van der Waals surface area contributed by atoms with Crippen molar-refractivity contribution >= 4 is 0 Å². The zero-order chi connectivity index (χ0) is 9.76. The van der Waals surface area contributed by atoms with Crippen LogP contribution in [-0.4, -0.2) is 35.6 Å². The lowest BCUT2D eigenvalue weighted by Gasteiger charge is -2.63. The van der Waals surface area contributed by atoms with E-state index in [4.69, 9.17) is 0 Å². The predicted molar refractivity (Wildman–Crippen MR) is 58.3 cm³/mol. The maximum Gasteiger partial charge on any atom is 0.0212 e. The first-order valence-electron chi connectivity index (χ1n) is 6.19. The summed E-state index contributed by atoms with van der Waals surface area (Å²) in [7, 11) is 0. The number of nitrogens with zero attached hydrogens (tertiary/aromatic N) is 1. The van der Waals surface area contributed by atoms with Gasteiger partial charge in [0.05, 0.1) is 0 Å². The zero-order valence-electron chi connectivity index (χ0n) is 9.42. The van der Waals surface area contributed by atoms with E-state index < -0.39 is 0 Å². The van der Waals surface area contributed by atoms with Crippen molar-refractivity contribution < 1.29 is 0 Å². The fourth-order valence-corrected chi connectivity index (χ4v) is 3.46. The van der Waals surface area contributed by atoms with Crippen LogP contribution in [0.4, 0.5) is 0 Å². The highest BCUT2D eigenvalue weighted by molar-refractivity contribution is 5.15. The van der Waals surface area contributed by atoms with E-state index in [2.05, 4.69) is 24.1 Å². The predicted octanol–water partition coefficient (Wildman–Crippen LogP) is 1.61. The van der Waals surface area contributed by atoms with E-state index in [1.165, 1.54) is 38.8 Å². The molecular formula is C12H22N2. The molecule has 1 N–H and O–H groups in total. The third-order valence-electron chi connectivity index (χ3n) is 4.50. The molecule has 3 saturated carbocycles. The normalized spacial score (nSPS) is 46.5. The van der Waals surface area contributed by atoms with Crippen LogP contribution in [0, 0.1) is 5.92 Å². The fraction of sp³-hybridized carbons (Fsp3) is 1.00. The van der Waals surface area contributed by atoms with Gasteiger partial charge in [-0.25, -0.2) is 0 Å². The van der Waals surface area contributed by atoms with Crippen molar-refractivity contribution in [3.05, 3.63) is 0 Å². The van der Waals surface area contributed by atoms with Crippen LogP contribution in [0.15, 0.2) is 0 Å². The van der Waals surface area contributed by atoms with E-state index >= 15 is 0 Å². The van der Waals surface area contributed by atoms with Crippen molar-refractivity contribution in [3.8, 4) is 0 Å². The molecule has 1 aliphatic heterocycles. The first-order valence-corrected chi connectivity index (χ1v) is 6.19. The van der Waals surface area contributed by atoms with Crippen LogP contribution in [0.5, 0.6) is 0 Å². The van der Waals surface area contributed by atoms with E-state index in [9.17, 15) is 0 Å². The fourth-order valence-electron chi connectivity index (χ4n) is 3.46. The van der Waals surface area contributed by atoms with Gasteiger partial charge in [-0.05, 0) is 52.0 Å². The zero-order valence-corrected chi connectivity index (χ0v) is 9.42. The third kappa shape index (κ3) is 1.31. The number of hydrogen-bond acceptors (Lipinski definition) is 2. The van der Waals surface area contributed by atoms with E-state index in [1.807, 2.05) is 0 Å². The Bertz CT molecular complexity index is 219. The van der Waals surface area contributed by atoms with Gasteiger partial charge in [-0.2, -0.15) is 0 Å².